The fourth-order valence-corrected chi connectivity index (χ4v) is 2.72. The lowest BCUT2D eigenvalue weighted by Crippen LogP contribution is -2.42. The summed E-state index contributed by atoms with van der Waals surface area (Å²) >= 11 is 0. The minimum atomic E-state index is 0.479. The lowest BCUT2D eigenvalue weighted by Gasteiger charge is -2.35. The van der Waals surface area contributed by atoms with E-state index in [0.29, 0.717) is 12.0 Å². The van der Waals surface area contributed by atoms with Crippen molar-refractivity contribution in [2.45, 2.75) is 25.8 Å². The highest BCUT2D eigenvalue weighted by Crippen LogP contribution is 2.45. The summed E-state index contributed by atoms with van der Waals surface area (Å²) in [4.78, 5) is 4.52. The maximum atomic E-state index is 4.52. The highest BCUT2D eigenvalue weighted by atomic mass is 15.0. The molecular formula is C12H16N2. The Balaban J connectivity index is 1.93. The second-order valence-electron chi connectivity index (χ2n) is 4.65. The van der Waals surface area contributed by atoms with Gasteiger partial charge in [0.2, 0.25) is 0 Å². The van der Waals surface area contributed by atoms with E-state index >= 15 is 0 Å². The molecule has 0 aromatic heterocycles. The molecule has 2 heteroatoms. The van der Waals surface area contributed by atoms with Crippen molar-refractivity contribution in [3.63, 3.8) is 0 Å². The summed E-state index contributed by atoms with van der Waals surface area (Å²) in [5.41, 5.74) is 1.22. The van der Waals surface area contributed by atoms with E-state index in [4.69, 9.17) is 0 Å². The van der Waals surface area contributed by atoms with E-state index in [1.165, 1.54) is 18.5 Å². The highest BCUT2D eigenvalue weighted by molar-refractivity contribution is 5.65. The molecule has 2 unspecified atom stereocenters. The number of rotatable bonds is 1. The molecule has 0 aromatic rings. The molecule has 2 aliphatic heterocycles. The first-order chi connectivity index (χ1) is 6.86. The second kappa shape index (κ2) is 2.97. The van der Waals surface area contributed by atoms with Crippen molar-refractivity contribution in [1.29, 1.82) is 0 Å². The van der Waals surface area contributed by atoms with Gasteiger partial charge in [0, 0.05) is 6.21 Å². The molecule has 0 aromatic carbocycles. The summed E-state index contributed by atoms with van der Waals surface area (Å²) in [6.07, 6.45) is 11.2. The maximum Gasteiger partial charge on any atom is 0.0716 e. The van der Waals surface area contributed by atoms with Crippen LogP contribution in [0.25, 0.3) is 0 Å². The molecule has 1 fully saturated rings. The third-order valence-corrected chi connectivity index (χ3v) is 3.57. The van der Waals surface area contributed by atoms with Gasteiger partial charge in [-0.2, -0.15) is 0 Å². The SMILES string of the molecule is C[C@H]1C=NC2=CC=CNC2C1C1CC1. The van der Waals surface area contributed by atoms with Crippen LogP contribution in [0.1, 0.15) is 19.8 Å². The van der Waals surface area contributed by atoms with Crippen molar-refractivity contribution in [1.82, 2.24) is 5.32 Å². The fourth-order valence-electron chi connectivity index (χ4n) is 2.72. The van der Waals surface area contributed by atoms with Crippen LogP contribution in [0.4, 0.5) is 0 Å². The molecule has 3 atom stereocenters. The molecule has 2 heterocycles. The van der Waals surface area contributed by atoms with Crippen LogP contribution in [-0.4, -0.2) is 12.3 Å². The summed E-state index contributed by atoms with van der Waals surface area (Å²) in [7, 11) is 0. The number of fused-ring (bicyclic) bond motifs is 1. The topological polar surface area (TPSA) is 24.4 Å². The Bertz CT molecular complexity index is 323. The fraction of sp³-hybridized carbons (Fsp3) is 0.583. The van der Waals surface area contributed by atoms with Crippen molar-refractivity contribution in [2.75, 3.05) is 0 Å². The van der Waals surface area contributed by atoms with E-state index < -0.39 is 0 Å². The molecule has 74 valence electrons. The number of nitrogens with one attached hydrogen (secondary N) is 1. The van der Waals surface area contributed by atoms with Gasteiger partial charge < -0.3 is 5.32 Å². The lowest BCUT2D eigenvalue weighted by molar-refractivity contribution is 0.310. The van der Waals surface area contributed by atoms with E-state index in [1.807, 2.05) is 6.08 Å². The molecule has 3 aliphatic rings. The molecule has 1 saturated carbocycles. The van der Waals surface area contributed by atoms with Gasteiger partial charge in [-0.1, -0.05) is 6.92 Å². The summed E-state index contributed by atoms with van der Waals surface area (Å²) < 4.78 is 0. The number of allylic oxidation sites excluding steroid dienone is 2. The monoisotopic (exact) mass is 188 g/mol. The zero-order chi connectivity index (χ0) is 9.54. The van der Waals surface area contributed by atoms with E-state index in [9.17, 15) is 0 Å². The van der Waals surface area contributed by atoms with Crippen molar-refractivity contribution < 1.29 is 0 Å². The Kier molecular flexibility index (Phi) is 1.76. The van der Waals surface area contributed by atoms with Crippen molar-refractivity contribution >= 4 is 6.21 Å². The molecule has 3 rings (SSSR count). The minimum Gasteiger partial charge on any atom is -0.382 e. The molecule has 1 aliphatic carbocycles. The molecular weight excluding hydrogens is 172 g/mol. The maximum absolute atomic E-state index is 4.52. The Morgan fingerprint density at radius 1 is 1.43 bits per heavy atom. The Hall–Kier alpha value is -1.05. The number of hydrogen-bond acceptors (Lipinski definition) is 2. The Labute approximate surface area is 84.8 Å². The first-order valence-electron chi connectivity index (χ1n) is 5.53. The number of nitrogens with zero attached hydrogens (tertiary/aromatic N) is 1. The quantitative estimate of drug-likeness (QED) is 0.669. The van der Waals surface area contributed by atoms with Crippen molar-refractivity contribution in [2.24, 2.45) is 22.7 Å². The number of aliphatic imine (C=N–C) groups is 1. The van der Waals surface area contributed by atoms with E-state index in [-0.39, 0.29) is 0 Å². The van der Waals surface area contributed by atoms with Gasteiger partial charge in [0.05, 0.1) is 11.7 Å². The van der Waals surface area contributed by atoms with Gasteiger partial charge in [0.1, 0.15) is 0 Å². The van der Waals surface area contributed by atoms with E-state index in [1.54, 1.807) is 0 Å². The molecule has 1 N–H and O–H groups in total. The second-order valence-corrected chi connectivity index (χ2v) is 4.65. The first kappa shape index (κ1) is 8.27. The lowest BCUT2D eigenvalue weighted by atomic mass is 9.80. The predicted molar refractivity (Wildman–Crippen MR) is 58.0 cm³/mol. The zero-order valence-corrected chi connectivity index (χ0v) is 8.48. The first-order valence-corrected chi connectivity index (χ1v) is 5.53. The van der Waals surface area contributed by atoms with Crippen LogP contribution >= 0.6 is 0 Å². The van der Waals surface area contributed by atoms with Gasteiger partial charge in [-0.25, -0.2) is 0 Å². The molecule has 0 spiro atoms. The molecule has 0 saturated heterocycles. The summed E-state index contributed by atoms with van der Waals surface area (Å²) in [6.45, 7) is 2.29. The van der Waals surface area contributed by atoms with Crippen molar-refractivity contribution in [3.05, 3.63) is 24.0 Å². The van der Waals surface area contributed by atoms with Gasteiger partial charge in [0.25, 0.3) is 0 Å². The standard InChI is InChI=1S/C12H16N2/c1-8-7-14-10-3-2-6-13-12(10)11(8)9-4-5-9/h2-3,6-9,11-13H,4-5H2,1H3/t8-,11?,12?/m0/s1. The summed E-state index contributed by atoms with van der Waals surface area (Å²) in [5, 5.41) is 3.46. The number of dihydropyridines is 1. The molecule has 0 radical (unpaired) electrons. The smallest absolute Gasteiger partial charge is 0.0716 e. The third kappa shape index (κ3) is 1.21. The van der Waals surface area contributed by atoms with Crippen molar-refractivity contribution in [3.8, 4) is 0 Å². The van der Waals surface area contributed by atoms with Crippen LogP contribution in [0.5, 0.6) is 0 Å². The average molecular weight is 188 g/mol. The Morgan fingerprint density at radius 2 is 2.29 bits per heavy atom. The molecule has 0 amide bonds. The van der Waals surface area contributed by atoms with Gasteiger partial charge in [-0.05, 0) is 48.9 Å². The Morgan fingerprint density at radius 3 is 3.07 bits per heavy atom. The normalized spacial score (nSPS) is 40.1. The predicted octanol–water partition coefficient (Wildman–Crippen LogP) is 2.10. The third-order valence-electron chi connectivity index (χ3n) is 3.57. The van der Waals surface area contributed by atoms with Gasteiger partial charge >= 0.3 is 0 Å². The summed E-state index contributed by atoms with van der Waals surface area (Å²) in [5.74, 6) is 2.33. The highest BCUT2D eigenvalue weighted by Gasteiger charge is 2.42. The van der Waals surface area contributed by atoms with Crippen LogP contribution < -0.4 is 5.32 Å². The van der Waals surface area contributed by atoms with Gasteiger partial charge in [0.15, 0.2) is 0 Å². The molecule has 14 heavy (non-hydrogen) atoms. The zero-order valence-electron chi connectivity index (χ0n) is 8.48. The van der Waals surface area contributed by atoms with E-state index in [2.05, 4.69) is 35.7 Å². The molecule has 0 bridgehead atoms. The average Bonchev–Trinajstić information content (AvgIpc) is 3.01. The number of hydrogen-bond donors (Lipinski definition) is 1. The van der Waals surface area contributed by atoms with Crippen LogP contribution in [0.2, 0.25) is 0 Å². The van der Waals surface area contributed by atoms with Gasteiger partial charge in [-0.15, -0.1) is 0 Å². The van der Waals surface area contributed by atoms with Crippen LogP contribution in [0.15, 0.2) is 29.0 Å². The molecule has 2 nitrogen and oxygen atoms in total. The summed E-state index contributed by atoms with van der Waals surface area (Å²) in [6, 6.07) is 0.479. The van der Waals surface area contributed by atoms with Crippen LogP contribution in [0, 0.1) is 17.8 Å². The van der Waals surface area contributed by atoms with E-state index in [0.717, 1.165) is 11.8 Å². The largest absolute Gasteiger partial charge is 0.382 e. The van der Waals surface area contributed by atoms with Crippen LogP contribution in [-0.2, 0) is 0 Å². The minimum absolute atomic E-state index is 0.479. The van der Waals surface area contributed by atoms with Gasteiger partial charge in [-0.3, -0.25) is 4.99 Å². The van der Waals surface area contributed by atoms with Crippen LogP contribution in [0.3, 0.4) is 0 Å².